The van der Waals surface area contributed by atoms with Crippen molar-refractivity contribution in [3.8, 4) is 0 Å². The lowest BCUT2D eigenvalue weighted by atomic mass is 10.1. The molecule has 0 atom stereocenters. The maximum Gasteiger partial charge on any atom is 0.255 e. The lowest BCUT2D eigenvalue weighted by Crippen LogP contribution is -2.15. The predicted octanol–water partition coefficient (Wildman–Crippen LogP) is 3.42. The van der Waals surface area contributed by atoms with Crippen LogP contribution in [0.4, 0.5) is 11.4 Å². The number of nitrogens with one attached hydrogen (secondary N) is 1. The fourth-order valence-corrected chi connectivity index (χ4v) is 3.31. The Hall–Kier alpha value is -2.44. The smallest absolute Gasteiger partial charge is 0.255 e. The molecular formula is C18H19N3O2S. The van der Waals surface area contributed by atoms with Crippen LogP contribution >= 0.6 is 11.3 Å². The van der Waals surface area contributed by atoms with E-state index in [2.05, 4.69) is 10.3 Å². The highest BCUT2D eigenvalue weighted by Gasteiger charge is 2.11. The van der Waals surface area contributed by atoms with Gasteiger partial charge in [0.1, 0.15) is 5.01 Å². The van der Waals surface area contributed by atoms with Gasteiger partial charge in [-0.2, -0.15) is 0 Å². The molecule has 0 bridgehead atoms. The number of hydrogen-bond acceptors (Lipinski definition) is 5. The second-order valence-electron chi connectivity index (χ2n) is 5.80. The molecule has 1 aromatic heterocycles. The molecule has 2 aromatic carbocycles. The standard InChI is InChI=1S/C18H19N3O2S/c1-11-8-13(21(2)3)5-6-14(11)18(23)19-12-4-7-16-15(9-12)20-17(10-22)24-16/h4-9,22H,10H2,1-3H3,(H,19,23). The molecule has 0 fully saturated rings. The molecule has 0 radical (unpaired) electrons. The van der Waals surface area contributed by atoms with Gasteiger partial charge in [-0.3, -0.25) is 4.79 Å². The number of benzene rings is 2. The molecule has 3 aromatic rings. The van der Waals surface area contributed by atoms with E-state index in [1.807, 2.05) is 62.3 Å². The summed E-state index contributed by atoms with van der Waals surface area (Å²) in [7, 11) is 3.94. The third kappa shape index (κ3) is 3.25. The van der Waals surface area contributed by atoms with Crippen molar-refractivity contribution < 1.29 is 9.90 Å². The number of fused-ring (bicyclic) bond motifs is 1. The Morgan fingerprint density at radius 2 is 2.04 bits per heavy atom. The van der Waals surface area contributed by atoms with Gasteiger partial charge < -0.3 is 15.3 Å². The molecule has 0 spiro atoms. The number of aliphatic hydroxyl groups is 1. The van der Waals surface area contributed by atoms with Crippen molar-refractivity contribution in [3.05, 3.63) is 52.5 Å². The van der Waals surface area contributed by atoms with Crippen LogP contribution in [0, 0.1) is 6.92 Å². The van der Waals surface area contributed by atoms with Gasteiger partial charge >= 0.3 is 0 Å². The van der Waals surface area contributed by atoms with Gasteiger partial charge in [0.2, 0.25) is 0 Å². The monoisotopic (exact) mass is 341 g/mol. The quantitative estimate of drug-likeness (QED) is 0.763. The van der Waals surface area contributed by atoms with Crippen LogP contribution in [0.15, 0.2) is 36.4 Å². The summed E-state index contributed by atoms with van der Waals surface area (Å²) in [5.41, 5.74) is 4.11. The molecule has 0 aliphatic rings. The molecule has 5 nitrogen and oxygen atoms in total. The molecule has 0 saturated carbocycles. The van der Waals surface area contributed by atoms with E-state index >= 15 is 0 Å². The van der Waals surface area contributed by atoms with Crippen molar-refractivity contribution >= 4 is 38.8 Å². The maximum atomic E-state index is 12.5. The molecule has 0 aliphatic heterocycles. The van der Waals surface area contributed by atoms with Crippen molar-refractivity contribution in [3.63, 3.8) is 0 Å². The summed E-state index contributed by atoms with van der Waals surface area (Å²) in [6.07, 6.45) is 0. The molecule has 2 N–H and O–H groups in total. The van der Waals surface area contributed by atoms with Gasteiger partial charge in [0.05, 0.1) is 16.8 Å². The first kappa shape index (κ1) is 16.4. The number of nitrogens with zero attached hydrogens (tertiary/aromatic N) is 2. The number of carbonyl (C=O) groups is 1. The number of rotatable bonds is 4. The Morgan fingerprint density at radius 3 is 2.71 bits per heavy atom. The summed E-state index contributed by atoms with van der Waals surface area (Å²) < 4.78 is 0.989. The highest BCUT2D eigenvalue weighted by Crippen LogP contribution is 2.25. The first-order valence-electron chi connectivity index (χ1n) is 7.57. The van der Waals surface area contributed by atoms with Crippen LogP contribution < -0.4 is 10.2 Å². The molecule has 0 aliphatic carbocycles. The summed E-state index contributed by atoms with van der Waals surface area (Å²) in [5.74, 6) is -0.144. The number of aliphatic hydroxyl groups excluding tert-OH is 1. The minimum Gasteiger partial charge on any atom is -0.389 e. The van der Waals surface area contributed by atoms with Crippen LogP contribution in [-0.2, 0) is 6.61 Å². The Bertz CT molecular complexity index is 902. The molecule has 6 heteroatoms. The highest BCUT2D eigenvalue weighted by atomic mass is 32.1. The maximum absolute atomic E-state index is 12.5. The van der Waals surface area contributed by atoms with E-state index in [0.29, 0.717) is 16.3 Å². The Morgan fingerprint density at radius 1 is 1.25 bits per heavy atom. The third-order valence-electron chi connectivity index (χ3n) is 3.80. The average molecular weight is 341 g/mol. The summed E-state index contributed by atoms with van der Waals surface area (Å²) in [4.78, 5) is 18.9. The van der Waals surface area contributed by atoms with E-state index in [1.54, 1.807) is 0 Å². The molecule has 124 valence electrons. The Kier molecular flexibility index (Phi) is 4.51. The number of amides is 1. The predicted molar refractivity (Wildman–Crippen MR) is 99.0 cm³/mol. The van der Waals surface area contributed by atoms with Gasteiger partial charge in [-0.05, 0) is 48.9 Å². The van der Waals surface area contributed by atoms with Crippen LogP contribution in [0.25, 0.3) is 10.2 Å². The summed E-state index contributed by atoms with van der Waals surface area (Å²) in [5, 5.41) is 12.8. The topological polar surface area (TPSA) is 65.5 Å². The lowest BCUT2D eigenvalue weighted by Gasteiger charge is -2.15. The van der Waals surface area contributed by atoms with Crippen molar-refractivity contribution in [1.29, 1.82) is 0 Å². The van der Waals surface area contributed by atoms with Crippen molar-refractivity contribution in [2.45, 2.75) is 13.5 Å². The van der Waals surface area contributed by atoms with Crippen molar-refractivity contribution in [2.75, 3.05) is 24.3 Å². The number of hydrogen-bond donors (Lipinski definition) is 2. The molecule has 0 unspecified atom stereocenters. The summed E-state index contributed by atoms with van der Waals surface area (Å²) in [6.45, 7) is 1.86. The van der Waals surface area contributed by atoms with Crippen LogP contribution in [0.3, 0.4) is 0 Å². The SMILES string of the molecule is Cc1cc(N(C)C)ccc1C(=O)Nc1ccc2sc(CO)nc2c1. The number of aromatic nitrogens is 1. The van der Waals surface area contributed by atoms with E-state index in [-0.39, 0.29) is 12.5 Å². The Labute approximate surface area is 144 Å². The number of thiazole rings is 1. The minimum atomic E-state index is -0.144. The summed E-state index contributed by atoms with van der Waals surface area (Å²) >= 11 is 1.45. The van der Waals surface area contributed by atoms with E-state index in [4.69, 9.17) is 5.11 Å². The molecule has 3 rings (SSSR count). The lowest BCUT2D eigenvalue weighted by molar-refractivity contribution is 0.102. The fourth-order valence-electron chi connectivity index (χ4n) is 2.50. The van der Waals surface area contributed by atoms with E-state index in [9.17, 15) is 4.79 Å². The van der Waals surface area contributed by atoms with E-state index in [0.717, 1.165) is 21.5 Å². The first-order valence-corrected chi connectivity index (χ1v) is 8.39. The first-order chi connectivity index (χ1) is 11.5. The zero-order valence-electron chi connectivity index (χ0n) is 13.8. The second kappa shape index (κ2) is 6.59. The average Bonchev–Trinajstić information content (AvgIpc) is 2.96. The zero-order chi connectivity index (χ0) is 17.3. The van der Waals surface area contributed by atoms with Gasteiger partial charge in [0.25, 0.3) is 5.91 Å². The van der Waals surface area contributed by atoms with Crippen LogP contribution in [-0.4, -0.2) is 30.1 Å². The van der Waals surface area contributed by atoms with Crippen LogP contribution in [0.5, 0.6) is 0 Å². The van der Waals surface area contributed by atoms with Crippen LogP contribution in [0.1, 0.15) is 20.9 Å². The fraction of sp³-hybridized carbons (Fsp3) is 0.222. The van der Waals surface area contributed by atoms with Gasteiger partial charge in [0.15, 0.2) is 0 Å². The molecule has 24 heavy (non-hydrogen) atoms. The summed E-state index contributed by atoms with van der Waals surface area (Å²) in [6, 6.07) is 11.3. The normalized spacial score (nSPS) is 10.8. The van der Waals surface area contributed by atoms with Gasteiger partial charge in [0, 0.05) is 31.0 Å². The molecule has 1 amide bonds. The van der Waals surface area contributed by atoms with E-state index in [1.165, 1.54) is 11.3 Å². The van der Waals surface area contributed by atoms with Gasteiger partial charge in [-0.25, -0.2) is 4.98 Å². The number of aryl methyl sites for hydroxylation is 1. The number of carbonyl (C=O) groups excluding carboxylic acids is 1. The largest absolute Gasteiger partial charge is 0.389 e. The molecule has 0 saturated heterocycles. The highest BCUT2D eigenvalue weighted by molar-refractivity contribution is 7.18. The molecular weight excluding hydrogens is 322 g/mol. The minimum absolute atomic E-state index is 0.0710. The number of anilines is 2. The van der Waals surface area contributed by atoms with E-state index < -0.39 is 0 Å². The third-order valence-corrected chi connectivity index (χ3v) is 4.82. The van der Waals surface area contributed by atoms with Crippen molar-refractivity contribution in [2.24, 2.45) is 0 Å². The second-order valence-corrected chi connectivity index (χ2v) is 6.91. The van der Waals surface area contributed by atoms with Gasteiger partial charge in [-0.1, -0.05) is 0 Å². The van der Waals surface area contributed by atoms with Gasteiger partial charge in [-0.15, -0.1) is 11.3 Å². The van der Waals surface area contributed by atoms with Crippen LogP contribution in [0.2, 0.25) is 0 Å². The van der Waals surface area contributed by atoms with Crippen molar-refractivity contribution in [1.82, 2.24) is 4.98 Å². The zero-order valence-corrected chi connectivity index (χ0v) is 14.6. The Balaban J connectivity index is 1.84. The molecule has 1 heterocycles.